The van der Waals surface area contributed by atoms with Gasteiger partial charge in [-0.15, -0.1) is 0 Å². The van der Waals surface area contributed by atoms with Crippen LogP contribution in [0.5, 0.6) is 5.75 Å². The van der Waals surface area contributed by atoms with E-state index in [1.54, 1.807) is 24.3 Å². The zero-order valence-electron chi connectivity index (χ0n) is 13.6. The molecule has 26 heavy (non-hydrogen) atoms. The van der Waals surface area contributed by atoms with Crippen LogP contribution in [0.15, 0.2) is 47.4 Å². The minimum absolute atomic E-state index is 0.104. The number of carbonyl (C=O) groups is 2. The fourth-order valence-electron chi connectivity index (χ4n) is 1.96. The number of nitrogens with one attached hydrogen (secondary N) is 1. The molecule has 0 radical (unpaired) electrons. The van der Waals surface area contributed by atoms with Crippen LogP contribution in [0.25, 0.3) is 0 Å². The predicted molar refractivity (Wildman–Crippen MR) is 94.7 cm³/mol. The van der Waals surface area contributed by atoms with Gasteiger partial charge in [-0.25, -0.2) is 18.4 Å². The molecule has 0 aromatic heterocycles. The Labute approximate surface area is 154 Å². The van der Waals surface area contributed by atoms with E-state index in [0.29, 0.717) is 11.4 Å². The largest absolute Gasteiger partial charge is 0.497 e. The molecule has 0 saturated heterocycles. The third-order valence-electron chi connectivity index (χ3n) is 3.16. The maximum absolute atomic E-state index is 12.0. The van der Waals surface area contributed by atoms with Gasteiger partial charge in [0, 0.05) is 11.8 Å². The van der Waals surface area contributed by atoms with E-state index < -0.39 is 33.4 Å². The zero-order chi connectivity index (χ0) is 19.3. The van der Waals surface area contributed by atoms with Crippen LogP contribution in [0.4, 0.5) is 5.69 Å². The number of hydrogen-bond donors (Lipinski definition) is 2. The van der Waals surface area contributed by atoms with Crippen molar-refractivity contribution in [2.75, 3.05) is 19.0 Å². The maximum atomic E-state index is 12.0. The molecule has 8 nitrogen and oxygen atoms in total. The Morgan fingerprint density at radius 2 is 1.92 bits per heavy atom. The standard InChI is InChI=1S/C16H15ClN2O6S/c1-24-12-4-2-3-11(8-12)19-15(20)9-25-16(21)10-5-6-13(17)14(7-10)26(18,22)23/h2-8H,9H2,1H3,(H,19,20)(H2,18,22,23). The van der Waals surface area contributed by atoms with E-state index >= 15 is 0 Å². The molecule has 0 aliphatic rings. The van der Waals surface area contributed by atoms with Gasteiger partial charge in [0.05, 0.1) is 17.7 Å². The number of benzene rings is 2. The summed E-state index contributed by atoms with van der Waals surface area (Å²) in [5.74, 6) is -0.920. The van der Waals surface area contributed by atoms with E-state index in [4.69, 9.17) is 26.2 Å². The number of halogens is 1. The van der Waals surface area contributed by atoms with Gasteiger partial charge in [-0.3, -0.25) is 4.79 Å². The number of anilines is 1. The number of ether oxygens (including phenoxy) is 2. The second-order valence-corrected chi connectivity index (χ2v) is 6.98. The predicted octanol–water partition coefficient (Wildman–Crippen LogP) is 1.79. The Bertz CT molecular complexity index is 946. The van der Waals surface area contributed by atoms with Crippen LogP contribution < -0.4 is 15.2 Å². The van der Waals surface area contributed by atoms with Crippen LogP contribution in [0.2, 0.25) is 5.02 Å². The molecule has 2 aromatic carbocycles. The van der Waals surface area contributed by atoms with Crippen molar-refractivity contribution >= 4 is 39.2 Å². The van der Waals surface area contributed by atoms with Gasteiger partial charge in [-0.05, 0) is 30.3 Å². The quantitative estimate of drug-likeness (QED) is 0.714. The molecule has 0 heterocycles. The number of methoxy groups -OCH3 is 1. The summed E-state index contributed by atoms with van der Waals surface area (Å²) in [6, 6.07) is 10.1. The number of hydrogen-bond acceptors (Lipinski definition) is 6. The Balaban J connectivity index is 2.01. The summed E-state index contributed by atoms with van der Waals surface area (Å²) in [6.45, 7) is -0.566. The van der Waals surface area contributed by atoms with Crippen LogP contribution in [0.3, 0.4) is 0 Å². The van der Waals surface area contributed by atoms with Gasteiger partial charge in [0.25, 0.3) is 5.91 Å². The average molecular weight is 399 g/mol. The van der Waals surface area contributed by atoms with E-state index in [-0.39, 0.29) is 10.6 Å². The van der Waals surface area contributed by atoms with E-state index in [2.05, 4.69) is 5.32 Å². The Kier molecular flexibility index (Phi) is 6.19. The van der Waals surface area contributed by atoms with Crippen LogP contribution in [0.1, 0.15) is 10.4 Å². The summed E-state index contributed by atoms with van der Waals surface area (Å²) in [5.41, 5.74) is 0.362. The first kappa shape index (κ1) is 19.7. The number of carbonyl (C=O) groups excluding carboxylic acids is 2. The summed E-state index contributed by atoms with van der Waals surface area (Å²) in [5, 5.41) is 7.43. The van der Waals surface area contributed by atoms with Gasteiger partial charge in [-0.1, -0.05) is 17.7 Å². The molecule has 0 spiro atoms. The lowest BCUT2D eigenvalue weighted by atomic mass is 10.2. The number of sulfonamides is 1. The highest BCUT2D eigenvalue weighted by Gasteiger charge is 2.18. The number of primary sulfonamides is 1. The minimum Gasteiger partial charge on any atom is -0.497 e. The van der Waals surface area contributed by atoms with Crippen LogP contribution in [0, 0.1) is 0 Å². The number of nitrogens with two attached hydrogens (primary N) is 1. The number of esters is 1. The summed E-state index contributed by atoms with van der Waals surface area (Å²) in [7, 11) is -2.61. The molecule has 138 valence electrons. The highest BCUT2D eigenvalue weighted by atomic mass is 35.5. The zero-order valence-corrected chi connectivity index (χ0v) is 15.1. The first-order chi connectivity index (χ1) is 12.2. The molecular weight excluding hydrogens is 384 g/mol. The van der Waals surface area contributed by atoms with Gasteiger partial charge in [0.15, 0.2) is 6.61 Å². The van der Waals surface area contributed by atoms with Gasteiger partial charge in [-0.2, -0.15) is 0 Å². The lowest BCUT2D eigenvalue weighted by molar-refractivity contribution is -0.119. The van der Waals surface area contributed by atoms with E-state index in [9.17, 15) is 18.0 Å². The fraction of sp³-hybridized carbons (Fsp3) is 0.125. The molecule has 3 N–H and O–H groups in total. The normalized spacial score (nSPS) is 10.9. The molecule has 10 heteroatoms. The van der Waals surface area contributed by atoms with Crippen molar-refractivity contribution in [3.63, 3.8) is 0 Å². The van der Waals surface area contributed by atoms with Crippen molar-refractivity contribution in [1.29, 1.82) is 0 Å². The van der Waals surface area contributed by atoms with E-state index in [0.717, 1.165) is 6.07 Å². The third kappa shape index (κ3) is 5.19. The van der Waals surface area contributed by atoms with Crippen LogP contribution >= 0.6 is 11.6 Å². The van der Waals surface area contributed by atoms with Crippen LogP contribution in [-0.2, 0) is 19.6 Å². The molecule has 2 rings (SSSR count). The maximum Gasteiger partial charge on any atom is 0.338 e. The van der Waals surface area contributed by atoms with Crippen molar-refractivity contribution in [2.24, 2.45) is 5.14 Å². The number of rotatable bonds is 6. The first-order valence-electron chi connectivity index (χ1n) is 7.14. The summed E-state index contributed by atoms with van der Waals surface area (Å²) >= 11 is 5.74. The summed E-state index contributed by atoms with van der Waals surface area (Å²) in [4.78, 5) is 23.4. The first-order valence-corrected chi connectivity index (χ1v) is 9.06. The Hall–Kier alpha value is -2.62. The second kappa shape index (κ2) is 8.17. The Morgan fingerprint density at radius 3 is 2.58 bits per heavy atom. The van der Waals surface area contributed by atoms with Crippen molar-refractivity contribution in [3.05, 3.63) is 53.1 Å². The highest BCUT2D eigenvalue weighted by molar-refractivity contribution is 7.89. The molecule has 0 saturated carbocycles. The lowest BCUT2D eigenvalue weighted by Crippen LogP contribution is -2.21. The monoisotopic (exact) mass is 398 g/mol. The lowest BCUT2D eigenvalue weighted by Gasteiger charge is -2.09. The highest BCUT2D eigenvalue weighted by Crippen LogP contribution is 2.22. The molecule has 0 aliphatic carbocycles. The molecule has 2 aromatic rings. The molecule has 1 amide bonds. The summed E-state index contributed by atoms with van der Waals surface area (Å²) < 4.78 is 32.7. The molecule has 0 aliphatic heterocycles. The molecular formula is C16H15ClN2O6S. The van der Waals surface area contributed by atoms with Gasteiger partial charge in [0.1, 0.15) is 10.6 Å². The van der Waals surface area contributed by atoms with Gasteiger partial charge < -0.3 is 14.8 Å². The van der Waals surface area contributed by atoms with Gasteiger partial charge >= 0.3 is 5.97 Å². The van der Waals surface area contributed by atoms with Gasteiger partial charge in [0.2, 0.25) is 10.0 Å². The smallest absolute Gasteiger partial charge is 0.338 e. The Morgan fingerprint density at radius 1 is 1.19 bits per heavy atom. The second-order valence-electron chi connectivity index (χ2n) is 5.05. The molecule has 0 unspecified atom stereocenters. The summed E-state index contributed by atoms with van der Waals surface area (Å²) in [6.07, 6.45) is 0. The van der Waals surface area contributed by atoms with E-state index in [1.807, 2.05) is 0 Å². The van der Waals surface area contributed by atoms with Crippen molar-refractivity contribution in [3.8, 4) is 5.75 Å². The molecule has 0 bridgehead atoms. The van der Waals surface area contributed by atoms with Crippen molar-refractivity contribution in [1.82, 2.24) is 0 Å². The molecule has 0 fully saturated rings. The third-order valence-corrected chi connectivity index (χ3v) is 4.55. The minimum atomic E-state index is -4.10. The average Bonchev–Trinajstić information content (AvgIpc) is 2.59. The van der Waals surface area contributed by atoms with Crippen molar-refractivity contribution in [2.45, 2.75) is 4.90 Å². The fourth-order valence-corrected chi connectivity index (χ4v) is 3.03. The van der Waals surface area contributed by atoms with Crippen molar-refractivity contribution < 1.29 is 27.5 Å². The topological polar surface area (TPSA) is 125 Å². The number of amides is 1. The van der Waals surface area contributed by atoms with E-state index in [1.165, 1.54) is 19.2 Å². The van der Waals surface area contributed by atoms with Crippen LogP contribution in [-0.4, -0.2) is 34.0 Å². The molecule has 0 atom stereocenters. The SMILES string of the molecule is COc1cccc(NC(=O)COC(=O)c2ccc(Cl)c(S(N)(=O)=O)c2)c1.